The van der Waals surface area contributed by atoms with E-state index >= 15 is 0 Å². The van der Waals surface area contributed by atoms with E-state index in [0.717, 1.165) is 24.9 Å². The molecule has 2 aliphatic carbocycles. The maximum Gasteiger partial charge on any atom is -1.00 e. The Labute approximate surface area is 179 Å². The molecule has 0 saturated heterocycles. The molecule has 0 radical (unpaired) electrons. The van der Waals surface area contributed by atoms with Gasteiger partial charge in [-0.1, -0.05) is 0 Å². The van der Waals surface area contributed by atoms with Gasteiger partial charge in [0.05, 0.1) is 0 Å². The fourth-order valence-corrected chi connectivity index (χ4v) is 16.9. The van der Waals surface area contributed by atoms with Crippen LogP contribution in [0.25, 0.3) is 0 Å². The molecule has 0 spiro atoms. The molecular formula is C18H30Cl2O2Si2Zr. The largest absolute Gasteiger partial charge is 1.00 e. The molecule has 2 N–H and O–H groups in total. The first-order valence-electron chi connectivity index (χ1n) is 8.61. The van der Waals surface area contributed by atoms with Gasteiger partial charge in [0.25, 0.3) is 0 Å². The van der Waals surface area contributed by atoms with Crippen LogP contribution in [-0.2, 0) is 23.2 Å². The van der Waals surface area contributed by atoms with Gasteiger partial charge >= 0.3 is 155 Å². The first kappa shape index (κ1) is 25.8. The van der Waals surface area contributed by atoms with E-state index in [9.17, 15) is 10.2 Å². The summed E-state index contributed by atoms with van der Waals surface area (Å²) in [6, 6.07) is 1.95. The third-order valence-corrected chi connectivity index (χ3v) is 16.9. The van der Waals surface area contributed by atoms with E-state index in [0.29, 0.717) is 13.2 Å². The zero-order valence-electron chi connectivity index (χ0n) is 15.7. The molecule has 2 aliphatic rings. The van der Waals surface area contributed by atoms with Gasteiger partial charge in [0.2, 0.25) is 0 Å². The molecule has 25 heavy (non-hydrogen) atoms. The van der Waals surface area contributed by atoms with E-state index in [-0.39, 0.29) is 24.8 Å². The van der Waals surface area contributed by atoms with Crippen LogP contribution < -0.4 is 24.8 Å². The van der Waals surface area contributed by atoms with Gasteiger partial charge < -0.3 is 24.8 Å². The van der Waals surface area contributed by atoms with Gasteiger partial charge in [-0.15, -0.1) is 0 Å². The van der Waals surface area contributed by atoms with Gasteiger partial charge in [0.15, 0.2) is 0 Å². The molecule has 2 nitrogen and oxygen atoms in total. The van der Waals surface area contributed by atoms with Crippen LogP contribution in [0.1, 0.15) is 12.8 Å². The van der Waals surface area contributed by atoms with Crippen LogP contribution >= 0.6 is 0 Å². The van der Waals surface area contributed by atoms with Crippen molar-refractivity contribution in [3.8, 4) is 0 Å². The van der Waals surface area contributed by atoms with Crippen molar-refractivity contribution in [1.82, 2.24) is 0 Å². The molecule has 0 aromatic carbocycles. The smallest absolute Gasteiger partial charge is 1.00 e. The van der Waals surface area contributed by atoms with E-state index in [1.165, 1.54) is 0 Å². The first-order valence-corrected chi connectivity index (χ1v) is 17.5. The maximum atomic E-state index is 9.40. The second-order valence-corrected chi connectivity index (χ2v) is 21.0. The molecule has 0 aromatic heterocycles. The molecule has 0 amide bonds. The predicted octanol–water partition coefficient (Wildman–Crippen LogP) is -2.02. The van der Waals surface area contributed by atoms with Gasteiger partial charge in [-0.25, -0.2) is 0 Å². The Balaban J connectivity index is 0.00000288. The Morgan fingerprint density at radius 3 is 1.48 bits per heavy atom. The fourth-order valence-electron chi connectivity index (χ4n) is 3.53. The number of hydrogen-bond acceptors (Lipinski definition) is 2. The molecule has 140 valence electrons. The third-order valence-electron chi connectivity index (χ3n) is 5.10. The number of rotatable bonds is 8. The van der Waals surface area contributed by atoms with Crippen LogP contribution in [0.3, 0.4) is 0 Å². The van der Waals surface area contributed by atoms with Crippen molar-refractivity contribution in [3.05, 3.63) is 41.3 Å². The van der Waals surface area contributed by atoms with E-state index in [4.69, 9.17) is 0 Å². The summed E-state index contributed by atoms with van der Waals surface area (Å²) in [5.74, 6) is 0. The van der Waals surface area contributed by atoms with Crippen molar-refractivity contribution in [2.24, 2.45) is 0 Å². The number of halogens is 2. The molecule has 7 heteroatoms. The Hall–Kier alpha value is 0.777. The Morgan fingerprint density at radius 1 is 0.800 bits per heavy atom. The molecular weight excluding hydrogens is 466 g/mol. The van der Waals surface area contributed by atoms with Crippen LogP contribution in [0.4, 0.5) is 0 Å². The number of hydrogen-bond donors (Lipinski definition) is 2. The Kier molecular flexibility index (Phi) is 11.3. The van der Waals surface area contributed by atoms with E-state index in [1.54, 1.807) is 17.0 Å². The summed E-state index contributed by atoms with van der Waals surface area (Å²) in [5.41, 5.74) is 0. The average Bonchev–Trinajstić information content (AvgIpc) is 3.08. The van der Waals surface area contributed by atoms with Crippen LogP contribution in [0.2, 0.25) is 38.3 Å². The van der Waals surface area contributed by atoms with E-state index in [1.807, 2.05) is 0 Å². The van der Waals surface area contributed by atoms with Gasteiger partial charge in [0.1, 0.15) is 0 Å². The molecule has 0 aromatic rings. The van der Waals surface area contributed by atoms with Crippen molar-refractivity contribution in [2.45, 2.75) is 51.1 Å². The molecule has 0 unspecified atom stereocenters. The normalized spacial score (nSPS) is 16.9. The molecule has 0 saturated carbocycles. The van der Waals surface area contributed by atoms with Crippen LogP contribution in [0.15, 0.2) is 41.3 Å². The van der Waals surface area contributed by atoms with Crippen LogP contribution in [0.5, 0.6) is 0 Å². The Morgan fingerprint density at radius 2 is 1.16 bits per heavy atom. The van der Waals surface area contributed by atoms with Crippen molar-refractivity contribution in [1.29, 1.82) is 0 Å². The monoisotopic (exact) mass is 494 g/mol. The minimum absolute atomic E-state index is 0. The van der Waals surface area contributed by atoms with E-state index in [2.05, 4.69) is 50.5 Å². The topological polar surface area (TPSA) is 40.5 Å². The second kappa shape index (κ2) is 10.9. The zero-order chi connectivity index (χ0) is 17.1. The second-order valence-electron chi connectivity index (χ2n) is 7.84. The molecule has 0 bridgehead atoms. The quantitative estimate of drug-likeness (QED) is 0.381. The molecule has 0 atom stereocenters. The van der Waals surface area contributed by atoms with Crippen molar-refractivity contribution in [3.63, 3.8) is 0 Å². The summed E-state index contributed by atoms with van der Waals surface area (Å²) in [6.07, 6.45) is 11.7. The maximum absolute atomic E-state index is 9.40. The predicted molar refractivity (Wildman–Crippen MR) is 100 cm³/mol. The van der Waals surface area contributed by atoms with Crippen LogP contribution in [-0.4, -0.2) is 39.6 Å². The summed E-state index contributed by atoms with van der Waals surface area (Å²) >= 11 is -0.714. The summed E-state index contributed by atoms with van der Waals surface area (Å²) in [5, 5.41) is 22.1. The number of allylic oxidation sites excluding steroid dienone is 8. The molecule has 0 fully saturated rings. The molecule has 0 heterocycles. The van der Waals surface area contributed by atoms with E-state index < -0.39 is 39.4 Å². The minimum atomic E-state index is -1.47. The fraction of sp³-hybridized carbons (Fsp3) is 0.556. The van der Waals surface area contributed by atoms with Gasteiger partial charge in [-0.05, 0) is 0 Å². The Bertz CT molecular complexity index is 532. The number of aliphatic hydroxyl groups excluding tert-OH is 2. The summed E-state index contributed by atoms with van der Waals surface area (Å²) in [4.78, 5) is 0. The standard InChI is InChI=1S/2C9H15OSi.2ClH.Zr/c2*1-11(2,8-7-10)9-5-3-4-6-9;;;/h2*3,5,10H,4,7-8H2,1-2H3;2*1H;/q;;;;+2/p-2. The van der Waals surface area contributed by atoms with Crippen LogP contribution in [0, 0.1) is 0 Å². The van der Waals surface area contributed by atoms with Gasteiger partial charge in [-0.2, -0.15) is 0 Å². The van der Waals surface area contributed by atoms with Crippen molar-refractivity contribution < 1.29 is 58.3 Å². The third kappa shape index (κ3) is 6.41. The zero-order valence-corrected chi connectivity index (χ0v) is 21.7. The summed E-state index contributed by atoms with van der Waals surface area (Å²) in [7, 11) is -2.95. The first-order chi connectivity index (χ1) is 10.8. The average molecular weight is 497 g/mol. The number of aliphatic hydroxyl groups is 2. The summed E-state index contributed by atoms with van der Waals surface area (Å²) in [6.45, 7) is 10.3. The SMILES string of the molecule is C[Si](C)(CCO)C1=[C]([Zr+2][C]2=C([Si](C)(C)CCO)C=CC2)CC=C1.[Cl-].[Cl-]. The van der Waals surface area contributed by atoms with Crippen molar-refractivity contribution >= 4 is 16.1 Å². The molecule has 2 rings (SSSR count). The minimum Gasteiger partial charge on any atom is -1.00 e. The summed E-state index contributed by atoms with van der Waals surface area (Å²) < 4.78 is 3.51. The molecule has 0 aliphatic heterocycles. The van der Waals surface area contributed by atoms with Gasteiger partial charge in [-0.3, -0.25) is 0 Å². The van der Waals surface area contributed by atoms with Crippen molar-refractivity contribution in [2.75, 3.05) is 13.2 Å². The van der Waals surface area contributed by atoms with Gasteiger partial charge in [0, 0.05) is 0 Å².